The number of hydrogen-bond acceptors (Lipinski definition) is 3. The fourth-order valence-corrected chi connectivity index (χ4v) is 4.09. The lowest BCUT2D eigenvalue weighted by Crippen LogP contribution is -2.35. The molecule has 1 aliphatic carbocycles. The summed E-state index contributed by atoms with van der Waals surface area (Å²) >= 11 is 3.86. The molecule has 1 aromatic heterocycles. The highest BCUT2D eigenvalue weighted by Crippen LogP contribution is 2.21. The second-order valence-electron chi connectivity index (χ2n) is 5.52. The molecule has 1 aromatic rings. The molecule has 1 amide bonds. The first-order valence-electron chi connectivity index (χ1n) is 7.39. The third kappa shape index (κ3) is 5.00. The van der Waals surface area contributed by atoms with Gasteiger partial charge in [0.15, 0.2) is 0 Å². The number of rotatable bonds is 6. The molecule has 1 saturated carbocycles. The highest BCUT2D eigenvalue weighted by molar-refractivity contribution is 14.1. The quantitative estimate of drug-likeness (QED) is 0.577. The predicted molar refractivity (Wildman–Crippen MR) is 93.5 cm³/mol. The third-order valence-corrected chi connectivity index (χ3v) is 5.79. The van der Waals surface area contributed by atoms with Crippen LogP contribution in [0.25, 0.3) is 0 Å². The number of carbonyl (C=O) groups is 1. The van der Waals surface area contributed by atoms with E-state index in [-0.39, 0.29) is 5.91 Å². The van der Waals surface area contributed by atoms with Gasteiger partial charge in [0.05, 0.1) is 8.45 Å². The van der Waals surface area contributed by atoms with Gasteiger partial charge in [-0.05, 0) is 61.5 Å². The maximum atomic E-state index is 11.9. The fraction of sp³-hybridized carbons (Fsp3) is 0.667. The first-order valence-corrected chi connectivity index (χ1v) is 9.35. The monoisotopic (exact) mass is 406 g/mol. The molecule has 0 radical (unpaired) electrons. The van der Waals surface area contributed by atoms with Crippen molar-refractivity contribution >= 4 is 39.8 Å². The van der Waals surface area contributed by atoms with Crippen molar-refractivity contribution in [3.63, 3.8) is 0 Å². The summed E-state index contributed by atoms with van der Waals surface area (Å²) in [7, 11) is 2.22. The second-order valence-corrected chi connectivity index (χ2v) is 8.33. The van der Waals surface area contributed by atoms with E-state index in [4.69, 9.17) is 0 Å². The Kier molecular flexibility index (Phi) is 6.77. The minimum atomic E-state index is 0.0597. The maximum Gasteiger partial charge on any atom is 0.252 e. The SMILES string of the molecule is CN(CCCNC(=O)c1csc(I)c1)C1CCCCC1. The van der Waals surface area contributed by atoms with Gasteiger partial charge in [0, 0.05) is 18.0 Å². The van der Waals surface area contributed by atoms with Gasteiger partial charge < -0.3 is 10.2 Å². The summed E-state index contributed by atoms with van der Waals surface area (Å²) in [5, 5.41) is 4.93. The average molecular weight is 406 g/mol. The van der Waals surface area contributed by atoms with Crippen LogP contribution < -0.4 is 5.32 Å². The lowest BCUT2D eigenvalue weighted by Gasteiger charge is -2.31. The van der Waals surface area contributed by atoms with Gasteiger partial charge in [-0.3, -0.25) is 4.79 Å². The number of halogens is 1. The van der Waals surface area contributed by atoms with E-state index < -0.39 is 0 Å². The zero-order chi connectivity index (χ0) is 14.4. The Morgan fingerprint density at radius 3 is 2.85 bits per heavy atom. The van der Waals surface area contributed by atoms with Gasteiger partial charge in [0.1, 0.15) is 0 Å². The minimum Gasteiger partial charge on any atom is -0.352 e. The van der Waals surface area contributed by atoms with Gasteiger partial charge in [-0.15, -0.1) is 11.3 Å². The number of thiophene rings is 1. The summed E-state index contributed by atoms with van der Waals surface area (Å²) in [6.45, 7) is 1.84. The Balaban J connectivity index is 1.62. The molecule has 0 aliphatic heterocycles. The maximum absolute atomic E-state index is 11.9. The molecule has 5 heteroatoms. The van der Waals surface area contributed by atoms with Gasteiger partial charge in [-0.1, -0.05) is 19.3 Å². The van der Waals surface area contributed by atoms with E-state index in [1.54, 1.807) is 11.3 Å². The average Bonchev–Trinajstić information content (AvgIpc) is 2.91. The Morgan fingerprint density at radius 1 is 1.45 bits per heavy atom. The minimum absolute atomic E-state index is 0.0597. The second kappa shape index (κ2) is 8.34. The van der Waals surface area contributed by atoms with Crippen LogP contribution in [-0.4, -0.2) is 37.0 Å². The van der Waals surface area contributed by atoms with Crippen molar-refractivity contribution in [1.29, 1.82) is 0 Å². The van der Waals surface area contributed by atoms with E-state index >= 15 is 0 Å². The molecular weight excluding hydrogens is 383 g/mol. The van der Waals surface area contributed by atoms with E-state index in [1.165, 1.54) is 32.1 Å². The number of hydrogen-bond donors (Lipinski definition) is 1. The van der Waals surface area contributed by atoms with Crippen LogP contribution in [-0.2, 0) is 0 Å². The van der Waals surface area contributed by atoms with Gasteiger partial charge in [-0.2, -0.15) is 0 Å². The lowest BCUT2D eigenvalue weighted by molar-refractivity contribution is 0.0951. The molecule has 0 unspecified atom stereocenters. The van der Waals surface area contributed by atoms with Crippen molar-refractivity contribution in [3.8, 4) is 0 Å². The normalized spacial score (nSPS) is 16.6. The molecule has 1 fully saturated rings. The molecule has 3 nitrogen and oxygen atoms in total. The zero-order valence-electron chi connectivity index (χ0n) is 12.0. The first kappa shape index (κ1) is 16.2. The molecular formula is C15H23IN2OS. The van der Waals surface area contributed by atoms with Crippen LogP contribution in [0.4, 0.5) is 0 Å². The van der Waals surface area contributed by atoms with E-state index in [9.17, 15) is 4.79 Å². The van der Waals surface area contributed by atoms with Crippen LogP contribution in [0, 0.1) is 2.88 Å². The predicted octanol–water partition coefficient (Wildman–Crippen LogP) is 3.74. The topological polar surface area (TPSA) is 32.3 Å². The van der Waals surface area contributed by atoms with Crippen LogP contribution in [0.2, 0.25) is 0 Å². The Labute approximate surface area is 139 Å². The van der Waals surface area contributed by atoms with Gasteiger partial charge in [0.2, 0.25) is 0 Å². The summed E-state index contributed by atoms with van der Waals surface area (Å²) in [6, 6.07) is 2.70. The molecule has 0 atom stereocenters. The van der Waals surface area contributed by atoms with Crippen LogP contribution >= 0.6 is 33.9 Å². The van der Waals surface area contributed by atoms with Crippen LogP contribution in [0.3, 0.4) is 0 Å². The smallest absolute Gasteiger partial charge is 0.252 e. The van der Waals surface area contributed by atoms with Crippen LogP contribution in [0.15, 0.2) is 11.4 Å². The third-order valence-electron chi connectivity index (χ3n) is 4.00. The lowest BCUT2D eigenvalue weighted by atomic mass is 9.94. The van der Waals surface area contributed by atoms with Gasteiger partial charge in [-0.25, -0.2) is 0 Å². The van der Waals surface area contributed by atoms with Crippen molar-refractivity contribution in [2.75, 3.05) is 20.1 Å². The van der Waals surface area contributed by atoms with Gasteiger partial charge >= 0.3 is 0 Å². The molecule has 1 heterocycles. The Hall–Kier alpha value is -0.140. The van der Waals surface area contributed by atoms with Crippen molar-refractivity contribution < 1.29 is 4.79 Å². The fourth-order valence-electron chi connectivity index (χ4n) is 2.77. The summed E-state index contributed by atoms with van der Waals surface area (Å²) in [5.41, 5.74) is 0.792. The molecule has 2 rings (SSSR count). The van der Waals surface area contributed by atoms with Crippen LogP contribution in [0.5, 0.6) is 0 Å². The molecule has 20 heavy (non-hydrogen) atoms. The molecule has 1 aliphatic rings. The Morgan fingerprint density at radius 2 is 2.20 bits per heavy atom. The molecule has 0 saturated heterocycles. The van der Waals surface area contributed by atoms with Crippen LogP contribution in [0.1, 0.15) is 48.9 Å². The van der Waals surface area contributed by atoms with E-state index in [0.717, 1.165) is 34.0 Å². The first-order chi connectivity index (χ1) is 9.66. The molecule has 0 spiro atoms. The van der Waals surface area contributed by atoms with E-state index in [0.29, 0.717) is 0 Å². The van der Waals surface area contributed by atoms with E-state index in [2.05, 4.69) is 39.9 Å². The summed E-state index contributed by atoms with van der Waals surface area (Å²) in [6.07, 6.45) is 7.87. The molecule has 0 bridgehead atoms. The number of carbonyl (C=O) groups excluding carboxylic acids is 1. The number of nitrogens with zero attached hydrogens (tertiary/aromatic N) is 1. The van der Waals surface area contributed by atoms with E-state index in [1.807, 2.05) is 11.4 Å². The Bertz CT molecular complexity index is 429. The number of nitrogens with one attached hydrogen (secondary N) is 1. The standard InChI is InChI=1S/C15H23IN2OS/c1-18(13-6-3-2-4-7-13)9-5-8-17-15(19)12-10-14(16)20-11-12/h10-11,13H,2-9H2,1H3,(H,17,19). The van der Waals surface area contributed by atoms with Crippen molar-refractivity contribution in [1.82, 2.24) is 10.2 Å². The largest absolute Gasteiger partial charge is 0.352 e. The van der Waals surface area contributed by atoms with Crippen molar-refractivity contribution in [2.45, 2.75) is 44.6 Å². The summed E-state index contributed by atoms with van der Waals surface area (Å²) in [4.78, 5) is 14.4. The summed E-state index contributed by atoms with van der Waals surface area (Å²) in [5.74, 6) is 0.0597. The van der Waals surface area contributed by atoms with Crippen molar-refractivity contribution in [3.05, 3.63) is 19.9 Å². The van der Waals surface area contributed by atoms with Crippen molar-refractivity contribution in [2.24, 2.45) is 0 Å². The molecule has 112 valence electrons. The zero-order valence-corrected chi connectivity index (χ0v) is 15.0. The van der Waals surface area contributed by atoms with Gasteiger partial charge in [0.25, 0.3) is 5.91 Å². The summed E-state index contributed by atoms with van der Waals surface area (Å²) < 4.78 is 1.16. The highest BCUT2D eigenvalue weighted by Gasteiger charge is 2.17. The highest BCUT2D eigenvalue weighted by atomic mass is 127. The number of amides is 1. The molecule has 1 N–H and O–H groups in total. The molecule has 0 aromatic carbocycles.